The van der Waals surface area contributed by atoms with Gasteiger partial charge in [0.15, 0.2) is 0 Å². The van der Waals surface area contributed by atoms with Crippen LogP contribution < -0.4 is 11.5 Å². The second kappa shape index (κ2) is 2.62. The third kappa shape index (κ3) is 1.41. The van der Waals surface area contributed by atoms with Crippen LogP contribution in [0.1, 0.15) is 5.69 Å². The molecule has 0 bridgehead atoms. The van der Waals surface area contributed by atoms with E-state index in [0.717, 1.165) is 6.07 Å². The van der Waals surface area contributed by atoms with E-state index in [9.17, 15) is 4.39 Å². The summed E-state index contributed by atoms with van der Waals surface area (Å²) in [7, 11) is 0. The smallest absolute Gasteiger partial charge is 0.215 e. The van der Waals surface area contributed by atoms with Gasteiger partial charge in [-0.2, -0.15) is 4.39 Å². The van der Waals surface area contributed by atoms with Crippen LogP contribution in [0.5, 0.6) is 0 Å². The van der Waals surface area contributed by atoms with Crippen molar-refractivity contribution < 1.29 is 4.39 Å². The molecular formula is C6H8FN3. The van der Waals surface area contributed by atoms with E-state index in [1.807, 2.05) is 0 Å². The predicted octanol–water partition coefficient (Wildman–Crippen LogP) is 0.262. The molecule has 0 aliphatic carbocycles. The lowest BCUT2D eigenvalue weighted by molar-refractivity contribution is 0.578. The fourth-order valence-corrected chi connectivity index (χ4v) is 0.678. The van der Waals surface area contributed by atoms with Crippen LogP contribution in [-0.4, -0.2) is 4.98 Å². The van der Waals surface area contributed by atoms with Gasteiger partial charge in [0.2, 0.25) is 5.95 Å². The van der Waals surface area contributed by atoms with Crippen molar-refractivity contribution in [2.75, 3.05) is 5.73 Å². The molecule has 0 aliphatic heterocycles. The van der Waals surface area contributed by atoms with Crippen molar-refractivity contribution in [2.24, 2.45) is 5.73 Å². The molecule has 4 heteroatoms. The molecule has 0 aliphatic rings. The zero-order valence-corrected chi connectivity index (χ0v) is 5.34. The molecule has 1 rings (SSSR count). The third-order valence-corrected chi connectivity index (χ3v) is 1.08. The average molecular weight is 141 g/mol. The Hall–Kier alpha value is -1.16. The summed E-state index contributed by atoms with van der Waals surface area (Å²) in [6.07, 6.45) is 0. The van der Waals surface area contributed by atoms with Crippen LogP contribution in [0.3, 0.4) is 0 Å². The maximum absolute atomic E-state index is 12.4. The number of nitrogen functional groups attached to an aromatic ring is 1. The van der Waals surface area contributed by atoms with Crippen molar-refractivity contribution in [1.82, 2.24) is 4.98 Å². The van der Waals surface area contributed by atoms with Crippen LogP contribution in [0.4, 0.5) is 10.1 Å². The molecule has 1 aromatic rings. The molecule has 54 valence electrons. The lowest BCUT2D eigenvalue weighted by atomic mass is 10.3. The van der Waals surface area contributed by atoms with E-state index in [0.29, 0.717) is 11.4 Å². The fourth-order valence-electron chi connectivity index (χ4n) is 0.678. The Bertz CT molecular complexity index is 216. The number of nitrogens with zero attached hydrogens (tertiary/aromatic N) is 1. The standard InChI is InChI=1S/C6H8FN3/c7-6-2-4(9)1-5(3-8)10-6/h1-2H,3,8H2,(H2,9,10). The Kier molecular flexibility index (Phi) is 1.82. The minimum Gasteiger partial charge on any atom is -0.399 e. The summed E-state index contributed by atoms with van der Waals surface area (Å²) < 4.78 is 12.4. The first-order valence-electron chi connectivity index (χ1n) is 2.84. The van der Waals surface area contributed by atoms with Crippen LogP contribution in [0.2, 0.25) is 0 Å². The number of hydrogen-bond acceptors (Lipinski definition) is 3. The minimum atomic E-state index is -0.583. The summed E-state index contributed by atoms with van der Waals surface area (Å²) >= 11 is 0. The van der Waals surface area contributed by atoms with Gasteiger partial charge in [0.1, 0.15) is 0 Å². The summed E-state index contributed by atoms with van der Waals surface area (Å²) in [5.74, 6) is -0.583. The molecule has 0 spiro atoms. The molecule has 4 N–H and O–H groups in total. The van der Waals surface area contributed by atoms with Gasteiger partial charge in [-0.05, 0) is 6.07 Å². The van der Waals surface area contributed by atoms with Gasteiger partial charge in [0, 0.05) is 18.3 Å². The van der Waals surface area contributed by atoms with Gasteiger partial charge < -0.3 is 11.5 Å². The summed E-state index contributed by atoms with van der Waals surface area (Å²) in [6, 6.07) is 2.70. The lowest BCUT2D eigenvalue weighted by Crippen LogP contribution is -2.02. The number of pyridine rings is 1. The van der Waals surface area contributed by atoms with Crippen LogP contribution in [0.25, 0.3) is 0 Å². The summed E-state index contributed by atoms with van der Waals surface area (Å²) in [6.45, 7) is 0.210. The molecule has 3 nitrogen and oxygen atoms in total. The normalized spacial score (nSPS) is 9.80. The molecule has 1 aromatic heterocycles. The Morgan fingerprint density at radius 2 is 2.20 bits per heavy atom. The predicted molar refractivity (Wildman–Crippen MR) is 36.5 cm³/mol. The molecule has 1 heterocycles. The number of nitrogens with two attached hydrogens (primary N) is 2. The van der Waals surface area contributed by atoms with Crippen molar-refractivity contribution in [3.63, 3.8) is 0 Å². The van der Waals surface area contributed by atoms with Gasteiger partial charge in [0.25, 0.3) is 0 Å². The van der Waals surface area contributed by atoms with Gasteiger partial charge in [-0.1, -0.05) is 0 Å². The van der Waals surface area contributed by atoms with Gasteiger partial charge in [-0.15, -0.1) is 0 Å². The number of halogens is 1. The molecule has 0 saturated carbocycles. The van der Waals surface area contributed by atoms with Crippen LogP contribution in [0.15, 0.2) is 12.1 Å². The molecule has 0 unspecified atom stereocenters. The van der Waals surface area contributed by atoms with Gasteiger partial charge in [-0.3, -0.25) is 0 Å². The molecule has 0 radical (unpaired) electrons. The largest absolute Gasteiger partial charge is 0.399 e. The quantitative estimate of drug-likeness (QED) is 0.551. The maximum atomic E-state index is 12.4. The first kappa shape index (κ1) is 6.95. The van der Waals surface area contributed by atoms with Crippen molar-refractivity contribution in [3.8, 4) is 0 Å². The Labute approximate surface area is 57.9 Å². The average Bonchev–Trinajstić information content (AvgIpc) is 1.85. The van der Waals surface area contributed by atoms with Crippen molar-refractivity contribution in [1.29, 1.82) is 0 Å². The van der Waals surface area contributed by atoms with Gasteiger partial charge in [0.05, 0.1) is 5.69 Å². The Balaban J connectivity index is 3.06. The molecule has 0 aromatic carbocycles. The Morgan fingerprint density at radius 1 is 1.50 bits per heavy atom. The number of hydrogen-bond donors (Lipinski definition) is 2. The Morgan fingerprint density at radius 3 is 2.70 bits per heavy atom. The molecule has 0 amide bonds. The van der Waals surface area contributed by atoms with Crippen molar-refractivity contribution >= 4 is 5.69 Å². The van der Waals surface area contributed by atoms with Gasteiger partial charge in [-0.25, -0.2) is 4.98 Å². The summed E-state index contributed by atoms with van der Waals surface area (Å²) in [5, 5.41) is 0. The first-order chi connectivity index (χ1) is 4.72. The van der Waals surface area contributed by atoms with E-state index in [1.165, 1.54) is 0 Å². The highest BCUT2D eigenvalue weighted by atomic mass is 19.1. The zero-order chi connectivity index (χ0) is 7.56. The van der Waals surface area contributed by atoms with E-state index in [2.05, 4.69) is 4.98 Å². The second-order valence-electron chi connectivity index (χ2n) is 1.92. The van der Waals surface area contributed by atoms with Gasteiger partial charge >= 0.3 is 0 Å². The monoisotopic (exact) mass is 141 g/mol. The van der Waals surface area contributed by atoms with Crippen LogP contribution in [0, 0.1) is 5.95 Å². The number of rotatable bonds is 1. The van der Waals surface area contributed by atoms with E-state index >= 15 is 0 Å². The molecular weight excluding hydrogens is 133 g/mol. The molecule has 0 fully saturated rings. The second-order valence-corrected chi connectivity index (χ2v) is 1.92. The molecule has 10 heavy (non-hydrogen) atoms. The van der Waals surface area contributed by atoms with E-state index < -0.39 is 5.95 Å². The summed E-state index contributed by atoms with van der Waals surface area (Å²) in [4.78, 5) is 3.48. The summed E-state index contributed by atoms with van der Waals surface area (Å²) in [5.41, 5.74) is 11.3. The van der Waals surface area contributed by atoms with Crippen LogP contribution in [-0.2, 0) is 6.54 Å². The topological polar surface area (TPSA) is 64.9 Å². The number of aromatic nitrogens is 1. The fraction of sp³-hybridized carbons (Fsp3) is 0.167. The van der Waals surface area contributed by atoms with E-state index in [1.54, 1.807) is 6.07 Å². The maximum Gasteiger partial charge on any atom is 0.215 e. The highest BCUT2D eigenvalue weighted by Gasteiger charge is 1.96. The first-order valence-corrected chi connectivity index (χ1v) is 2.84. The molecule has 0 saturated heterocycles. The SMILES string of the molecule is NCc1cc(N)cc(F)n1. The van der Waals surface area contributed by atoms with Crippen molar-refractivity contribution in [2.45, 2.75) is 6.54 Å². The highest BCUT2D eigenvalue weighted by Crippen LogP contribution is 2.05. The van der Waals surface area contributed by atoms with Crippen molar-refractivity contribution in [3.05, 3.63) is 23.8 Å². The minimum absolute atomic E-state index is 0.210. The molecule has 0 atom stereocenters. The zero-order valence-electron chi connectivity index (χ0n) is 5.34. The number of anilines is 1. The highest BCUT2D eigenvalue weighted by molar-refractivity contribution is 5.37. The van der Waals surface area contributed by atoms with Crippen LogP contribution >= 0.6 is 0 Å². The van der Waals surface area contributed by atoms with E-state index in [4.69, 9.17) is 11.5 Å². The lowest BCUT2D eigenvalue weighted by Gasteiger charge is -1.96. The van der Waals surface area contributed by atoms with E-state index in [-0.39, 0.29) is 6.54 Å². The third-order valence-electron chi connectivity index (χ3n) is 1.08.